The summed E-state index contributed by atoms with van der Waals surface area (Å²) >= 11 is 0. The topological polar surface area (TPSA) is 235 Å². The van der Waals surface area contributed by atoms with Crippen molar-refractivity contribution in [2.24, 2.45) is 10.8 Å². The summed E-state index contributed by atoms with van der Waals surface area (Å²) in [7, 11) is -4.58. The van der Waals surface area contributed by atoms with Crippen LogP contribution in [-0.2, 0) is 34.0 Å². The molecule has 0 aliphatic heterocycles. The first-order chi connectivity index (χ1) is 21.1. The van der Waals surface area contributed by atoms with Crippen molar-refractivity contribution in [2.45, 2.75) is 92.2 Å². The summed E-state index contributed by atoms with van der Waals surface area (Å²) in [6.45, 7) is 12.5. The monoisotopic (exact) mass is 669 g/mol. The number of nitrogens with zero attached hydrogens (tertiary/aromatic N) is 5. The van der Waals surface area contributed by atoms with Gasteiger partial charge in [-0.3, -0.25) is 14.2 Å². The van der Waals surface area contributed by atoms with E-state index < -0.39 is 73.5 Å². The Balaban J connectivity index is 2.47. The molecule has 16 nitrogen and oxygen atoms in total. The van der Waals surface area contributed by atoms with Gasteiger partial charge in [0.25, 0.3) is 0 Å². The van der Waals surface area contributed by atoms with E-state index in [4.69, 9.17) is 19.9 Å². The number of nitrogens with one attached hydrogen (secondary N) is 1. The maximum Gasteiger partial charge on any atom is 0.341 e. The first kappa shape index (κ1) is 39.0. The van der Waals surface area contributed by atoms with Crippen molar-refractivity contribution in [1.29, 1.82) is 5.26 Å². The maximum absolute atomic E-state index is 14.0. The maximum atomic E-state index is 14.0. The van der Waals surface area contributed by atoms with Crippen LogP contribution in [0, 0.1) is 22.2 Å². The standard InChI is InChI=1S/C29H48N7O9P/c1-18(13-43-25(39)27(4,5)6)34-46(41,42)35(19(2)14-44-26(40)28(7,8)9)12-22(20(3)38)45-29(15-30,16-37)23-11-10-21-24(31)32-17-33-36(21)23/h10-11,17-20,22,37-38H,12-14,16H2,1-9H3,(H2,31,32,33)(H2,34,41,42)/t18-,19-,20-,22+,29+/m0/s1. The number of ether oxygens (including phenoxy) is 3. The molecule has 0 saturated carbocycles. The van der Waals surface area contributed by atoms with Crippen molar-refractivity contribution >= 4 is 30.9 Å². The van der Waals surface area contributed by atoms with Crippen molar-refractivity contribution < 1.29 is 43.5 Å². The molecule has 0 bridgehead atoms. The Hall–Kier alpha value is -3.16. The van der Waals surface area contributed by atoms with Crippen LogP contribution >= 0.6 is 7.67 Å². The second-order valence-electron chi connectivity index (χ2n) is 13.4. The van der Waals surface area contributed by atoms with Crippen molar-refractivity contribution in [1.82, 2.24) is 24.4 Å². The zero-order chi connectivity index (χ0) is 35.3. The van der Waals surface area contributed by atoms with Crippen LogP contribution < -0.4 is 10.8 Å². The molecule has 0 amide bonds. The number of nitrogen functional groups attached to an aromatic ring is 1. The highest BCUT2D eigenvalue weighted by atomic mass is 31.2. The summed E-state index contributed by atoms with van der Waals surface area (Å²) in [5.74, 6) is -0.939. The van der Waals surface area contributed by atoms with Crippen LogP contribution in [0.15, 0.2) is 18.5 Å². The highest BCUT2D eigenvalue weighted by Gasteiger charge is 2.44. The number of nitriles is 1. The van der Waals surface area contributed by atoms with Gasteiger partial charge in [0.1, 0.15) is 31.1 Å². The molecule has 0 saturated heterocycles. The van der Waals surface area contributed by atoms with Gasteiger partial charge in [-0.2, -0.15) is 10.4 Å². The molecule has 2 aromatic rings. The van der Waals surface area contributed by atoms with E-state index in [1.807, 2.05) is 6.07 Å². The number of esters is 2. The number of nitrogens with two attached hydrogens (primary N) is 1. The number of carbonyl (C=O) groups excluding carboxylic acids is 2. The van der Waals surface area contributed by atoms with Crippen LogP contribution in [0.4, 0.5) is 5.82 Å². The zero-order valence-electron chi connectivity index (χ0n) is 27.9. The average molecular weight is 670 g/mol. The van der Waals surface area contributed by atoms with Crippen LogP contribution in [0.5, 0.6) is 0 Å². The van der Waals surface area contributed by atoms with Gasteiger partial charge in [0.15, 0.2) is 5.82 Å². The molecule has 2 rings (SSSR count). The van der Waals surface area contributed by atoms with Gasteiger partial charge in [0.2, 0.25) is 5.60 Å². The van der Waals surface area contributed by atoms with Gasteiger partial charge in [-0.25, -0.2) is 19.3 Å². The minimum atomic E-state index is -4.58. The van der Waals surface area contributed by atoms with Gasteiger partial charge in [0.05, 0.1) is 41.4 Å². The number of fused-ring (bicyclic) bond motifs is 1. The highest BCUT2D eigenvalue weighted by Crippen LogP contribution is 2.44. The molecular formula is C29H48N7O9P. The lowest BCUT2D eigenvalue weighted by Crippen LogP contribution is -2.50. The number of anilines is 1. The van der Waals surface area contributed by atoms with Gasteiger partial charge in [0, 0.05) is 12.6 Å². The van der Waals surface area contributed by atoms with E-state index in [-0.39, 0.29) is 24.7 Å². The van der Waals surface area contributed by atoms with Gasteiger partial charge < -0.3 is 35.1 Å². The number of aromatic nitrogens is 3. The molecule has 17 heteroatoms. The summed E-state index contributed by atoms with van der Waals surface area (Å²) < 4.78 is 33.1. The molecule has 6 atom stereocenters. The molecule has 0 spiro atoms. The predicted octanol–water partition coefficient (Wildman–Crippen LogP) is 1.74. The number of hydrogen-bond acceptors (Lipinski definition) is 12. The van der Waals surface area contributed by atoms with E-state index in [0.29, 0.717) is 5.52 Å². The van der Waals surface area contributed by atoms with Crippen molar-refractivity contribution in [3.8, 4) is 6.07 Å². The number of hydrogen-bond donors (Lipinski definition) is 5. The smallest absolute Gasteiger partial charge is 0.341 e. The summed E-state index contributed by atoms with van der Waals surface area (Å²) in [5, 5.41) is 38.3. The van der Waals surface area contributed by atoms with Crippen LogP contribution in [0.25, 0.3) is 5.52 Å². The van der Waals surface area contributed by atoms with Gasteiger partial charge in [-0.05, 0) is 74.4 Å². The second kappa shape index (κ2) is 15.2. The molecular weight excluding hydrogens is 621 g/mol. The molecule has 0 fully saturated rings. The van der Waals surface area contributed by atoms with Crippen molar-refractivity contribution in [3.05, 3.63) is 24.2 Å². The lowest BCUT2D eigenvalue weighted by molar-refractivity contribution is -0.155. The number of aliphatic hydroxyl groups is 2. The Bertz CT molecular complexity index is 1450. The predicted molar refractivity (Wildman–Crippen MR) is 168 cm³/mol. The molecule has 258 valence electrons. The summed E-state index contributed by atoms with van der Waals surface area (Å²) in [4.78, 5) is 40.1. The van der Waals surface area contributed by atoms with E-state index in [1.165, 1.54) is 30.5 Å². The van der Waals surface area contributed by atoms with Crippen LogP contribution in [0.3, 0.4) is 0 Å². The number of carbonyl (C=O) groups is 2. The Morgan fingerprint density at radius 3 is 2.17 bits per heavy atom. The largest absolute Gasteiger partial charge is 0.464 e. The molecule has 0 aliphatic rings. The molecule has 2 aromatic heterocycles. The molecule has 2 heterocycles. The lowest BCUT2D eigenvalue weighted by Gasteiger charge is -2.39. The fourth-order valence-corrected chi connectivity index (χ4v) is 5.94. The van der Waals surface area contributed by atoms with Gasteiger partial charge >= 0.3 is 19.6 Å². The first-order valence-electron chi connectivity index (χ1n) is 14.8. The van der Waals surface area contributed by atoms with Gasteiger partial charge in [-0.15, -0.1) is 0 Å². The molecule has 0 radical (unpaired) electrons. The third-order valence-electron chi connectivity index (χ3n) is 6.95. The average Bonchev–Trinajstić information content (AvgIpc) is 3.39. The molecule has 0 aliphatic carbocycles. The first-order valence-corrected chi connectivity index (χ1v) is 16.4. The fraction of sp³-hybridized carbons (Fsp3) is 0.690. The molecule has 6 N–H and O–H groups in total. The number of aliphatic hydroxyl groups excluding tert-OH is 2. The van der Waals surface area contributed by atoms with E-state index in [0.717, 1.165) is 11.0 Å². The van der Waals surface area contributed by atoms with E-state index >= 15 is 0 Å². The van der Waals surface area contributed by atoms with Gasteiger partial charge in [-0.1, -0.05) is 0 Å². The summed E-state index contributed by atoms with van der Waals surface area (Å²) in [5.41, 5.74) is 2.61. The van der Waals surface area contributed by atoms with E-state index in [2.05, 4.69) is 15.2 Å². The van der Waals surface area contributed by atoms with Crippen LogP contribution in [0.2, 0.25) is 0 Å². The van der Waals surface area contributed by atoms with E-state index in [1.54, 1.807) is 48.5 Å². The Labute approximate surface area is 269 Å². The third-order valence-corrected chi connectivity index (χ3v) is 8.98. The third kappa shape index (κ3) is 9.68. The SMILES string of the molecule is C[C@H](O)[C@@H](CN([C@@H](C)COC(=O)C(C)(C)C)P(=O)(O)N[C@@H](C)COC(=O)C(C)(C)C)O[C@](C#N)(CO)c1ccc2c(N)ncnn12. The molecule has 1 unspecified atom stereocenters. The quantitative estimate of drug-likeness (QED) is 0.134. The Kier molecular flexibility index (Phi) is 12.9. The minimum absolute atomic E-state index is 0.0746. The normalized spacial score (nSPS) is 17.7. The Morgan fingerprint density at radius 2 is 1.67 bits per heavy atom. The molecule has 46 heavy (non-hydrogen) atoms. The Morgan fingerprint density at radius 1 is 1.11 bits per heavy atom. The number of rotatable bonds is 15. The van der Waals surface area contributed by atoms with Crippen LogP contribution in [-0.4, -0.2) is 97.0 Å². The second-order valence-corrected chi connectivity index (χ2v) is 15.3. The lowest BCUT2D eigenvalue weighted by atomic mass is 9.97. The summed E-state index contributed by atoms with van der Waals surface area (Å²) in [6, 6.07) is 3.19. The fourth-order valence-electron chi connectivity index (χ4n) is 4.16. The van der Waals surface area contributed by atoms with Crippen LogP contribution in [0.1, 0.15) is 68.0 Å². The van der Waals surface area contributed by atoms with Crippen molar-refractivity contribution in [3.63, 3.8) is 0 Å². The summed E-state index contributed by atoms with van der Waals surface area (Å²) in [6.07, 6.45) is -1.55. The zero-order valence-corrected chi connectivity index (χ0v) is 28.8. The molecule has 0 aromatic carbocycles. The minimum Gasteiger partial charge on any atom is -0.464 e. The van der Waals surface area contributed by atoms with Crippen molar-refractivity contribution in [2.75, 3.05) is 32.1 Å². The van der Waals surface area contributed by atoms with E-state index in [9.17, 15) is 34.5 Å². The highest BCUT2D eigenvalue weighted by molar-refractivity contribution is 7.53.